The van der Waals surface area contributed by atoms with Gasteiger partial charge in [0, 0.05) is 37.3 Å². The molecule has 0 saturated carbocycles. The van der Waals surface area contributed by atoms with Crippen LogP contribution in [0.5, 0.6) is 0 Å². The van der Waals surface area contributed by atoms with Gasteiger partial charge in [-0.3, -0.25) is 9.80 Å². The Bertz CT molecular complexity index is 240. The second-order valence-electron chi connectivity index (χ2n) is 7.32. The first-order chi connectivity index (χ1) is 7.64. The highest BCUT2D eigenvalue weighted by atomic mass is 15.3. The van der Waals surface area contributed by atoms with E-state index in [1.807, 2.05) is 0 Å². The first-order valence-electron chi connectivity index (χ1n) is 7.16. The van der Waals surface area contributed by atoms with Crippen LogP contribution in [0.2, 0.25) is 0 Å². The molecule has 1 rings (SSSR count). The Hall–Kier alpha value is -0.0800. The second kappa shape index (κ2) is 5.27. The van der Waals surface area contributed by atoms with Gasteiger partial charge in [-0.2, -0.15) is 0 Å². The molecule has 0 aromatic heterocycles. The van der Waals surface area contributed by atoms with E-state index in [1.165, 1.54) is 13.1 Å². The van der Waals surface area contributed by atoms with Gasteiger partial charge >= 0.3 is 0 Å². The maximum absolute atomic E-state index is 2.72. The largest absolute Gasteiger partial charge is 0.298 e. The molecule has 0 spiro atoms. The normalized spacial score (nSPS) is 29.3. The van der Waals surface area contributed by atoms with Gasteiger partial charge in [-0.05, 0) is 40.0 Å². The maximum Gasteiger partial charge on any atom is 0.0277 e. The highest BCUT2D eigenvalue weighted by Gasteiger charge is 2.40. The molecule has 1 fully saturated rings. The van der Waals surface area contributed by atoms with Crippen LogP contribution >= 0.6 is 0 Å². The summed E-state index contributed by atoms with van der Waals surface area (Å²) in [5.41, 5.74) is 0.353. The molecule has 0 aromatic rings. The summed E-state index contributed by atoms with van der Waals surface area (Å²) in [6.07, 6.45) is 0. The molecule has 1 heterocycles. The predicted molar refractivity (Wildman–Crippen MR) is 76.4 cm³/mol. The van der Waals surface area contributed by atoms with Crippen molar-refractivity contribution in [3.63, 3.8) is 0 Å². The number of rotatable bonds is 2. The standard InChI is InChI=1S/C15H32N2/c1-11(2)16-9-13(5)17(12(3)4)14(10-16)15(6,7)8/h11-14H,9-10H2,1-8H3/t13-,14-/m1/s1. The average Bonchev–Trinajstić information content (AvgIpc) is 2.14. The topological polar surface area (TPSA) is 6.48 Å². The van der Waals surface area contributed by atoms with E-state index < -0.39 is 0 Å². The molecule has 0 aromatic carbocycles. The van der Waals surface area contributed by atoms with E-state index >= 15 is 0 Å². The first kappa shape index (κ1) is 15.0. The lowest BCUT2D eigenvalue weighted by molar-refractivity contribution is -0.0463. The van der Waals surface area contributed by atoms with E-state index in [0.29, 0.717) is 29.6 Å². The molecule has 1 aliphatic rings. The van der Waals surface area contributed by atoms with Crippen molar-refractivity contribution in [2.45, 2.75) is 79.6 Å². The van der Waals surface area contributed by atoms with Crippen molar-refractivity contribution in [3.05, 3.63) is 0 Å². The minimum Gasteiger partial charge on any atom is -0.298 e. The molecule has 0 N–H and O–H groups in total. The van der Waals surface area contributed by atoms with E-state index in [9.17, 15) is 0 Å². The summed E-state index contributed by atoms with van der Waals surface area (Å²) in [7, 11) is 0. The van der Waals surface area contributed by atoms with Gasteiger partial charge in [0.15, 0.2) is 0 Å². The van der Waals surface area contributed by atoms with Crippen LogP contribution in [0.15, 0.2) is 0 Å². The average molecular weight is 240 g/mol. The summed E-state index contributed by atoms with van der Waals surface area (Å²) in [5, 5.41) is 0. The van der Waals surface area contributed by atoms with E-state index in [-0.39, 0.29) is 0 Å². The molecule has 0 aliphatic carbocycles. The van der Waals surface area contributed by atoms with Crippen molar-refractivity contribution >= 4 is 0 Å². The number of hydrogen-bond donors (Lipinski definition) is 0. The van der Waals surface area contributed by atoms with Crippen LogP contribution in [0.1, 0.15) is 55.4 Å². The summed E-state index contributed by atoms with van der Waals surface area (Å²) < 4.78 is 0. The Kier molecular flexibility index (Phi) is 4.65. The third kappa shape index (κ3) is 3.45. The molecule has 17 heavy (non-hydrogen) atoms. The second-order valence-corrected chi connectivity index (χ2v) is 7.32. The van der Waals surface area contributed by atoms with Crippen LogP contribution in [0.25, 0.3) is 0 Å². The molecular formula is C15H32N2. The summed E-state index contributed by atoms with van der Waals surface area (Å²) in [6.45, 7) is 21.2. The molecule has 2 nitrogen and oxygen atoms in total. The lowest BCUT2D eigenvalue weighted by Crippen LogP contribution is -2.64. The smallest absolute Gasteiger partial charge is 0.0277 e. The van der Waals surface area contributed by atoms with Gasteiger partial charge in [0.1, 0.15) is 0 Å². The van der Waals surface area contributed by atoms with Gasteiger partial charge < -0.3 is 0 Å². The van der Waals surface area contributed by atoms with Gasteiger partial charge in [0.05, 0.1) is 0 Å². The summed E-state index contributed by atoms with van der Waals surface area (Å²) in [6, 6.07) is 2.63. The summed E-state index contributed by atoms with van der Waals surface area (Å²) in [4.78, 5) is 5.36. The lowest BCUT2D eigenvalue weighted by Gasteiger charge is -2.53. The molecule has 0 bridgehead atoms. The first-order valence-corrected chi connectivity index (χ1v) is 7.16. The van der Waals surface area contributed by atoms with E-state index in [0.717, 1.165) is 0 Å². The minimum absolute atomic E-state index is 0.353. The van der Waals surface area contributed by atoms with Crippen molar-refractivity contribution in [3.8, 4) is 0 Å². The minimum atomic E-state index is 0.353. The van der Waals surface area contributed by atoms with E-state index in [1.54, 1.807) is 0 Å². The zero-order valence-electron chi connectivity index (χ0n) is 13.1. The highest BCUT2D eigenvalue weighted by molar-refractivity contribution is 4.95. The molecule has 2 atom stereocenters. The predicted octanol–water partition coefficient (Wildman–Crippen LogP) is 3.22. The molecule has 0 radical (unpaired) electrons. The fourth-order valence-corrected chi connectivity index (χ4v) is 3.14. The quantitative estimate of drug-likeness (QED) is 0.731. The molecule has 2 heteroatoms. The Morgan fingerprint density at radius 1 is 0.941 bits per heavy atom. The number of nitrogens with zero attached hydrogens (tertiary/aromatic N) is 2. The van der Waals surface area contributed by atoms with E-state index in [2.05, 4.69) is 65.2 Å². The third-order valence-corrected chi connectivity index (χ3v) is 4.10. The van der Waals surface area contributed by atoms with Gasteiger partial charge in [-0.15, -0.1) is 0 Å². The fourth-order valence-electron chi connectivity index (χ4n) is 3.14. The van der Waals surface area contributed by atoms with Crippen LogP contribution < -0.4 is 0 Å². The van der Waals surface area contributed by atoms with Gasteiger partial charge in [0.2, 0.25) is 0 Å². The summed E-state index contributed by atoms with van der Waals surface area (Å²) in [5.74, 6) is 0. The van der Waals surface area contributed by atoms with Crippen molar-refractivity contribution in [1.82, 2.24) is 9.80 Å². The third-order valence-electron chi connectivity index (χ3n) is 4.10. The van der Waals surface area contributed by atoms with Crippen LogP contribution in [0, 0.1) is 5.41 Å². The Balaban J connectivity index is 2.92. The zero-order valence-corrected chi connectivity index (χ0v) is 13.1. The Morgan fingerprint density at radius 3 is 1.82 bits per heavy atom. The van der Waals surface area contributed by atoms with Crippen molar-refractivity contribution in [2.75, 3.05) is 13.1 Å². The Morgan fingerprint density at radius 2 is 1.47 bits per heavy atom. The summed E-state index contributed by atoms with van der Waals surface area (Å²) >= 11 is 0. The molecule has 1 aliphatic heterocycles. The zero-order chi connectivity index (χ0) is 13.4. The van der Waals surface area contributed by atoms with Gasteiger partial charge in [0.25, 0.3) is 0 Å². The van der Waals surface area contributed by atoms with Crippen LogP contribution in [0.3, 0.4) is 0 Å². The monoisotopic (exact) mass is 240 g/mol. The number of piperazine rings is 1. The number of hydrogen-bond acceptors (Lipinski definition) is 2. The van der Waals surface area contributed by atoms with Crippen molar-refractivity contribution < 1.29 is 0 Å². The highest BCUT2D eigenvalue weighted by Crippen LogP contribution is 2.32. The van der Waals surface area contributed by atoms with Crippen LogP contribution in [-0.2, 0) is 0 Å². The maximum atomic E-state index is 2.72. The SMILES string of the molecule is CC(C)N1C[C@@H](C)N(C(C)C)[C@@H](C(C)(C)C)C1. The van der Waals surface area contributed by atoms with Gasteiger partial charge in [-0.1, -0.05) is 20.8 Å². The molecule has 0 unspecified atom stereocenters. The molecular weight excluding hydrogens is 208 g/mol. The van der Waals surface area contributed by atoms with Crippen molar-refractivity contribution in [2.24, 2.45) is 5.41 Å². The van der Waals surface area contributed by atoms with E-state index in [4.69, 9.17) is 0 Å². The lowest BCUT2D eigenvalue weighted by atomic mass is 9.82. The molecule has 0 amide bonds. The Labute approximate surface area is 108 Å². The fraction of sp³-hybridized carbons (Fsp3) is 1.00. The molecule has 102 valence electrons. The molecule has 1 saturated heterocycles. The van der Waals surface area contributed by atoms with Crippen molar-refractivity contribution in [1.29, 1.82) is 0 Å². The van der Waals surface area contributed by atoms with Crippen LogP contribution in [0.4, 0.5) is 0 Å². The van der Waals surface area contributed by atoms with Crippen LogP contribution in [-0.4, -0.2) is 47.1 Å². The van der Waals surface area contributed by atoms with Gasteiger partial charge in [-0.25, -0.2) is 0 Å².